The van der Waals surface area contributed by atoms with Crippen LogP contribution in [-0.4, -0.2) is 30.1 Å². The fourth-order valence-electron chi connectivity index (χ4n) is 2.76. The number of benzene rings is 2. The van der Waals surface area contributed by atoms with Gasteiger partial charge < -0.3 is 20.1 Å². The van der Waals surface area contributed by atoms with E-state index in [2.05, 4.69) is 20.9 Å². The van der Waals surface area contributed by atoms with Crippen LogP contribution in [0.3, 0.4) is 0 Å². The number of nitrogens with one attached hydrogen (secondary N) is 3. The molecule has 1 aromatic heterocycles. The maximum Gasteiger partial charge on any atom is 0.325 e. The minimum absolute atomic E-state index is 0.0720. The molecule has 3 amide bonds. The van der Waals surface area contributed by atoms with Crippen molar-refractivity contribution >= 4 is 51.4 Å². The molecule has 3 N–H and O–H groups in total. The topological polar surface area (TPSA) is 102 Å². The number of aromatic nitrogens is 1. The van der Waals surface area contributed by atoms with Crippen molar-refractivity contribution in [3.05, 3.63) is 58.6 Å². The number of carbonyl (C=O) groups excluding carboxylic acids is 2. The highest BCUT2D eigenvalue weighted by Crippen LogP contribution is 2.32. The summed E-state index contributed by atoms with van der Waals surface area (Å²) in [6, 6.07) is 11.6. The molecular weight excluding hydrogens is 428 g/mol. The first-order valence-corrected chi connectivity index (χ1v) is 10.3. The highest BCUT2D eigenvalue weighted by molar-refractivity contribution is 7.14. The lowest BCUT2D eigenvalue weighted by Gasteiger charge is -2.18. The lowest BCUT2D eigenvalue weighted by Crippen LogP contribution is -2.19. The van der Waals surface area contributed by atoms with Gasteiger partial charge in [-0.3, -0.25) is 10.1 Å². The van der Waals surface area contributed by atoms with Gasteiger partial charge in [0.25, 0.3) is 0 Å². The molecule has 1 aliphatic heterocycles. The van der Waals surface area contributed by atoms with E-state index in [1.54, 1.807) is 47.8 Å². The smallest absolute Gasteiger partial charge is 0.325 e. The normalized spacial score (nSPS) is 12.2. The standard InChI is InChI=1S/C20H17ClN4O4S/c21-12-2-1-3-13(8-12)23-19(27)25-20-24-15(11-30-20)10-18(26)22-14-4-5-16-17(9-14)29-7-6-28-16/h1-5,8-9,11H,6-7,10H2,(H,22,26)(H2,23,24,25,27). The predicted octanol–water partition coefficient (Wildman–Crippen LogP) is 4.39. The summed E-state index contributed by atoms with van der Waals surface area (Å²) in [5, 5.41) is 10.7. The van der Waals surface area contributed by atoms with Crippen LogP contribution in [0.5, 0.6) is 11.5 Å². The zero-order valence-electron chi connectivity index (χ0n) is 15.6. The Balaban J connectivity index is 1.30. The lowest BCUT2D eigenvalue weighted by atomic mass is 10.2. The Hall–Kier alpha value is -3.30. The van der Waals surface area contributed by atoms with Crippen molar-refractivity contribution in [3.63, 3.8) is 0 Å². The van der Waals surface area contributed by atoms with Crippen molar-refractivity contribution in [2.75, 3.05) is 29.2 Å². The lowest BCUT2D eigenvalue weighted by molar-refractivity contribution is -0.115. The van der Waals surface area contributed by atoms with E-state index < -0.39 is 6.03 Å². The van der Waals surface area contributed by atoms with Gasteiger partial charge in [0.1, 0.15) is 13.2 Å². The number of rotatable bonds is 5. The molecule has 0 aliphatic carbocycles. The summed E-state index contributed by atoms with van der Waals surface area (Å²) in [4.78, 5) is 28.7. The molecule has 0 unspecified atom stereocenters. The molecule has 10 heteroatoms. The quantitative estimate of drug-likeness (QED) is 0.541. The minimum Gasteiger partial charge on any atom is -0.486 e. The molecule has 8 nitrogen and oxygen atoms in total. The van der Waals surface area contributed by atoms with Crippen LogP contribution in [0.1, 0.15) is 5.69 Å². The number of amides is 3. The van der Waals surface area contributed by atoms with E-state index in [-0.39, 0.29) is 12.3 Å². The maximum absolute atomic E-state index is 12.3. The zero-order chi connectivity index (χ0) is 20.9. The van der Waals surface area contributed by atoms with Crippen molar-refractivity contribution in [1.82, 2.24) is 4.98 Å². The van der Waals surface area contributed by atoms with Gasteiger partial charge in [-0.2, -0.15) is 0 Å². The van der Waals surface area contributed by atoms with Crippen molar-refractivity contribution in [3.8, 4) is 11.5 Å². The Kier molecular flexibility index (Phi) is 6.01. The van der Waals surface area contributed by atoms with E-state index in [9.17, 15) is 9.59 Å². The molecule has 0 saturated heterocycles. The van der Waals surface area contributed by atoms with Gasteiger partial charge in [0, 0.05) is 27.8 Å². The number of nitrogens with zero attached hydrogens (tertiary/aromatic N) is 1. The van der Waals surface area contributed by atoms with Crippen LogP contribution < -0.4 is 25.4 Å². The largest absolute Gasteiger partial charge is 0.486 e. The average molecular weight is 445 g/mol. The number of thiazole rings is 1. The second-order valence-corrected chi connectivity index (χ2v) is 7.61. The first-order chi connectivity index (χ1) is 14.5. The molecule has 0 atom stereocenters. The summed E-state index contributed by atoms with van der Waals surface area (Å²) in [5.41, 5.74) is 1.72. The summed E-state index contributed by atoms with van der Waals surface area (Å²) in [6.07, 6.45) is 0.0720. The molecule has 30 heavy (non-hydrogen) atoms. The number of fused-ring (bicyclic) bond motifs is 1. The number of urea groups is 1. The Bertz CT molecular complexity index is 1090. The number of carbonyl (C=O) groups is 2. The van der Waals surface area contributed by atoms with E-state index in [4.69, 9.17) is 21.1 Å². The third-order valence-corrected chi connectivity index (χ3v) is 5.06. The van der Waals surface area contributed by atoms with Gasteiger partial charge in [0.2, 0.25) is 5.91 Å². The third-order valence-electron chi connectivity index (χ3n) is 4.02. The Labute approximate surface area is 181 Å². The van der Waals surface area contributed by atoms with Crippen LogP contribution >= 0.6 is 22.9 Å². The molecule has 0 bridgehead atoms. The second-order valence-electron chi connectivity index (χ2n) is 6.32. The predicted molar refractivity (Wildman–Crippen MR) is 116 cm³/mol. The van der Waals surface area contributed by atoms with Crippen LogP contribution in [0.15, 0.2) is 47.8 Å². The highest BCUT2D eigenvalue weighted by Gasteiger charge is 2.14. The molecule has 0 saturated carbocycles. The van der Waals surface area contributed by atoms with Gasteiger partial charge in [-0.15, -0.1) is 11.3 Å². The molecule has 3 aromatic rings. The van der Waals surface area contributed by atoms with Crippen molar-refractivity contribution in [2.45, 2.75) is 6.42 Å². The van der Waals surface area contributed by atoms with Crippen molar-refractivity contribution < 1.29 is 19.1 Å². The molecular formula is C20H17ClN4O4S. The van der Waals surface area contributed by atoms with Crippen LogP contribution in [0.2, 0.25) is 5.02 Å². The van der Waals surface area contributed by atoms with Gasteiger partial charge in [-0.05, 0) is 30.3 Å². The van der Waals surface area contributed by atoms with E-state index >= 15 is 0 Å². The second kappa shape index (κ2) is 9.02. The molecule has 1 aliphatic rings. The summed E-state index contributed by atoms with van der Waals surface area (Å²) in [5.74, 6) is 1.03. The number of halogens is 1. The monoisotopic (exact) mass is 444 g/mol. The van der Waals surface area contributed by atoms with Gasteiger partial charge >= 0.3 is 6.03 Å². The summed E-state index contributed by atoms with van der Waals surface area (Å²) in [6.45, 7) is 0.986. The molecule has 2 aromatic carbocycles. The van der Waals surface area contributed by atoms with Gasteiger partial charge in [0.15, 0.2) is 16.6 Å². The number of hydrogen-bond acceptors (Lipinski definition) is 6. The van der Waals surface area contributed by atoms with E-state index in [1.165, 1.54) is 11.3 Å². The molecule has 154 valence electrons. The van der Waals surface area contributed by atoms with E-state index in [1.807, 2.05) is 0 Å². The molecule has 0 fully saturated rings. The summed E-state index contributed by atoms with van der Waals surface area (Å²) in [7, 11) is 0. The van der Waals surface area contributed by atoms with Crippen LogP contribution in [0.4, 0.5) is 21.3 Å². The zero-order valence-corrected chi connectivity index (χ0v) is 17.2. The minimum atomic E-state index is -0.445. The molecule has 4 rings (SSSR count). The number of ether oxygens (including phenoxy) is 2. The maximum atomic E-state index is 12.3. The van der Waals surface area contributed by atoms with Crippen LogP contribution in [0, 0.1) is 0 Å². The van der Waals surface area contributed by atoms with Gasteiger partial charge in [-0.25, -0.2) is 9.78 Å². The van der Waals surface area contributed by atoms with Crippen molar-refractivity contribution in [2.24, 2.45) is 0 Å². The van der Waals surface area contributed by atoms with Crippen LogP contribution in [0.25, 0.3) is 0 Å². The summed E-state index contributed by atoms with van der Waals surface area (Å²) < 4.78 is 11.0. The highest BCUT2D eigenvalue weighted by atomic mass is 35.5. The first kappa shape index (κ1) is 20.0. The molecule has 0 radical (unpaired) electrons. The number of hydrogen-bond donors (Lipinski definition) is 3. The average Bonchev–Trinajstić information content (AvgIpc) is 3.14. The van der Waals surface area contributed by atoms with E-state index in [0.717, 1.165) is 0 Å². The fourth-order valence-corrected chi connectivity index (χ4v) is 3.66. The summed E-state index contributed by atoms with van der Waals surface area (Å²) >= 11 is 7.13. The van der Waals surface area contributed by atoms with Gasteiger partial charge in [0.05, 0.1) is 12.1 Å². The van der Waals surface area contributed by atoms with E-state index in [0.29, 0.717) is 51.9 Å². The SMILES string of the molecule is O=C(Cc1csc(NC(=O)Nc2cccc(Cl)c2)n1)Nc1ccc2c(c1)OCCO2. The Morgan fingerprint density at radius 1 is 1.00 bits per heavy atom. The molecule has 2 heterocycles. The van der Waals surface area contributed by atoms with Crippen LogP contribution in [-0.2, 0) is 11.2 Å². The van der Waals surface area contributed by atoms with Crippen molar-refractivity contribution in [1.29, 1.82) is 0 Å². The Morgan fingerprint density at radius 2 is 1.80 bits per heavy atom. The number of anilines is 3. The van der Waals surface area contributed by atoms with Gasteiger partial charge in [-0.1, -0.05) is 17.7 Å². The third kappa shape index (κ3) is 5.19. The first-order valence-electron chi connectivity index (χ1n) is 9.03. The fraction of sp³-hybridized carbons (Fsp3) is 0.150. The molecule has 0 spiro atoms. The Morgan fingerprint density at radius 3 is 2.63 bits per heavy atom.